The Balaban J connectivity index is 1.33. The van der Waals surface area contributed by atoms with Crippen LogP contribution in [0, 0.1) is 0 Å². The summed E-state index contributed by atoms with van der Waals surface area (Å²) in [7, 11) is 1.67. The molecule has 0 atom stereocenters. The van der Waals surface area contributed by atoms with Crippen molar-refractivity contribution in [2.75, 3.05) is 25.5 Å². The van der Waals surface area contributed by atoms with Gasteiger partial charge in [-0.2, -0.15) is 0 Å². The molecule has 0 radical (unpaired) electrons. The predicted molar refractivity (Wildman–Crippen MR) is 112 cm³/mol. The molecule has 1 N–H and O–H groups in total. The van der Waals surface area contributed by atoms with Gasteiger partial charge in [0.2, 0.25) is 0 Å². The van der Waals surface area contributed by atoms with E-state index in [4.69, 9.17) is 9.72 Å². The van der Waals surface area contributed by atoms with E-state index in [0.717, 1.165) is 55.4 Å². The summed E-state index contributed by atoms with van der Waals surface area (Å²) in [5.74, 6) is 2.46. The van der Waals surface area contributed by atoms with Crippen LogP contribution in [0.15, 0.2) is 66.9 Å². The monoisotopic (exact) mass is 374 g/mol. The smallest absolute Gasteiger partial charge is 0.161 e. The lowest BCUT2D eigenvalue weighted by atomic mass is 10.0. The molecule has 3 aromatic rings. The molecule has 144 valence electrons. The van der Waals surface area contributed by atoms with E-state index in [-0.39, 0.29) is 0 Å². The third-order valence-corrected chi connectivity index (χ3v) is 5.19. The van der Waals surface area contributed by atoms with Gasteiger partial charge in [-0.1, -0.05) is 30.3 Å². The number of nitrogens with zero attached hydrogens (tertiary/aromatic N) is 3. The molecule has 0 saturated carbocycles. The average molecular weight is 374 g/mol. The molecule has 5 heteroatoms. The minimum atomic E-state index is 0.450. The zero-order valence-electron chi connectivity index (χ0n) is 16.2. The summed E-state index contributed by atoms with van der Waals surface area (Å²) in [4.78, 5) is 11.6. The van der Waals surface area contributed by atoms with E-state index in [1.807, 2.05) is 36.5 Å². The van der Waals surface area contributed by atoms with Gasteiger partial charge in [0.25, 0.3) is 0 Å². The highest BCUT2D eigenvalue weighted by atomic mass is 16.5. The normalized spacial score (nSPS) is 15.3. The molecule has 1 aliphatic rings. The molecule has 1 fully saturated rings. The number of methoxy groups -OCH3 is 1. The molecule has 28 heavy (non-hydrogen) atoms. The lowest BCUT2D eigenvalue weighted by Gasteiger charge is -2.32. The van der Waals surface area contributed by atoms with E-state index in [0.29, 0.717) is 6.04 Å². The molecule has 0 amide bonds. The van der Waals surface area contributed by atoms with E-state index in [1.165, 1.54) is 5.56 Å². The third kappa shape index (κ3) is 4.67. The number of ether oxygens (including phenoxy) is 1. The van der Waals surface area contributed by atoms with Gasteiger partial charge in [0.1, 0.15) is 11.6 Å². The van der Waals surface area contributed by atoms with Crippen LogP contribution in [-0.4, -0.2) is 41.1 Å². The standard InChI is InChI=1S/C23H26N4O/c1-28-21-9-7-19(8-10-21)23-24-14-11-22(26-23)25-20-12-15-27(16-13-20)17-18-5-3-2-4-6-18/h2-11,14,20H,12-13,15-17H2,1H3,(H,24,25,26). The Bertz CT molecular complexity index is 875. The number of piperidine rings is 1. The SMILES string of the molecule is COc1ccc(-c2nccc(NC3CCN(Cc4ccccc4)CC3)n2)cc1. The van der Waals surface area contributed by atoms with Crippen LogP contribution in [0.1, 0.15) is 18.4 Å². The van der Waals surface area contributed by atoms with Gasteiger partial charge in [0.05, 0.1) is 7.11 Å². The highest BCUT2D eigenvalue weighted by molar-refractivity contribution is 5.58. The minimum absolute atomic E-state index is 0.450. The maximum absolute atomic E-state index is 5.22. The second-order valence-electron chi connectivity index (χ2n) is 7.17. The molecule has 0 spiro atoms. The summed E-state index contributed by atoms with van der Waals surface area (Å²) in [5, 5.41) is 3.60. The van der Waals surface area contributed by atoms with Crippen molar-refractivity contribution >= 4 is 5.82 Å². The van der Waals surface area contributed by atoms with Crippen molar-refractivity contribution < 1.29 is 4.74 Å². The molecule has 2 heterocycles. The minimum Gasteiger partial charge on any atom is -0.497 e. The summed E-state index contributed by atoms with van der Waals surface area (Å²) in [5.41, 5.74) is 2.37. The highest BCUT2D eigenvalue weighted by Crippen LogP contribution is 2.22. The first-order valence-electron chi connectivity index (χ1n) is 9.80. The van der Waals surface area contributed by atoms with Crippen LogP contribution in [0.5, 0.6) is 5.75 Å². The topological polar surface area (TPSA) is 50.3 Å². The van der Waals surface area contributed by atoms with Gasteiger partial charge in [-0.25, -0.2) is 9.97 Å². The van der Waals surface area contributed by atoms with Crippen LogP contribution >= 0.6 is 0 Å². The number of benzene rings is 2. The Labute approximate surface area is 166 Å². The molecular formula is C23H26N4O. The Morgan fingerprint density at radius 3 is 2.46 bits per heavy atom. The van der Waals surface area contributed by atoms with Crippen LogP contribution in [0.3, 0.4) is 0 Å². The summed E-state index contributed by atoms with van der Waals surface area (Å²) in [6, 6.07) is 20.9. The Morgan fingerprint density at radius 2 is 1.75 bits per heavy atom. The first-order valence-corrected chi connectivity index (χ1v) is 9.80. The van der Waals surface area contributed by atoms with Crippen molar-refractivity contribution in [3.63, 3.8) is 0 Å². The first-order chi connectivity index (χ1) is 13.8. The van der Waals surface area contributed by atoms with Gasteiger partial charge in [-0.15, -0.1) is 0 Å². The van der Waals surface area contributed by atoms with Crippen molar-refractivity contribution in [2.24, 2.45) is 0 Å². The number of anilines is 1. The number of rotatable bonds is 6. The Kier molecular flexibility index (Phi) is 5.83. The average Bonchev–Trinajstić information content (AvgIpc) is 2.76. The summed E-state index contributed by atoms with van der Waals surface area (Å²) >= 11 is 0. The van der Waals surface area contributed by atoms with Crippen LogP contribution < -0.4 is 10.1 Å². The quantitative estimate of drug-likeness (QED) is 0.700. The maximum Gasteiger partial charge on any atom is 0.161 e. The molecule has 4 rings (SSSR count). The highest BCUT2D eigenvalue weighted by Gasteiger charge is 2.19. The number of likely N-dealkylation sites (tertiary alicyclic amines) is 1. The molecule has 5 nitrogen and oxygen atoms in total. The molecule has 1 saturated heterocycles. The summed E-state index contributed by atoms with van der Waals surface area (Å²) in [6.45, 7) is 3.23. The second-order valence-corrected chi connectivity index (χ2v) is 7.17. The number of hydrogen-bond donors (Lipinski definition) is 1. The number of hydrogen-bond acceptors (Lipinski definition) is 5. The van der Waals surface area contributed by atoms with Crippen molar-refractivity contribution in [1.29, 1.82) is 0 Å². The predicted octanol–water partition coefficient (Wildman–Crippen LogP) is 4.23. The summed E-state index contributed by atoms with van der Waals surface area (Å²) in [6.07, 6.45) is 4.06. The van der Waals surface area contributed by atoms with Gasteiger partial charge in [-0.05, 0) is 48.7 Å². The van der Waals surface area contributed by atoms with E-state index in [1.54, 1.807) is 7.11 Å². The van der Waals surface area contributed by atoms with E-state index < -0.39 is 0 Å². The zero-order chi connectivity index (χ0) is 19.2. The Morgan fingerprint density at radius 1 is 1.00 bits per heavy atom. The van der Waals surface area contributed by atoms with E-state index >= 15 is 0 Å². The number of nitrogens with one attached hydrogen (secondary N) is 1. The zero-order valence-corrected chi connectivity index (χ0v) is 16.2. The van der Waals surface area contributed by atoms with Crippen LogP contribution in [0.2, 0.25) is 0 Å². The maximum atomic E-state index is 5.22. The fourth-order valence-electron chi connectivity index (χ4n) is 3.60. The second kappa shape index (κ2) is 8.85. The van der Waals surface area contributed by atoms with Gasteiger partial charge >= 0.3 is 0 Å². The van der Waals surface area contributed by atoms with Crippen molar-refractivity contribution in [1.82, 2.24) is 14.9 Å². The molecule has 2 aromatic carbocycles. The van der Waals surface area contributed by atoms with Crippen molar-refractivity contribution in [3.8, 4) is 17.1 Å². The third-order valence-electron chi connectivity index (χ3n) is 5.19. The van der Waals surface area contributed by atoms with Crippen LogP contribution in [0.25, 0.3) is 11.4 Å². The fourth-order valence-corrected chi connectivity index (χ4v) is 3.60. The van der Waals surface area contributed by atoms with Gasteiger partial charge in [0, 0.05) is 37.4 Å². The number of aromatic nitrogens is 2. The summed E-state index contributed by atoms with van der Waals surface area (Å²) < 4.78 is 5.22. The van der Waals surface area contributed by atoms with Crippen molar-refractivity contribution in [3.05, 3.63) is 72.4 Å². The lowest BCUT2D eigenvalue weighted by molar-refractivity contribution is 0.211. The van der Waals surface area contributed by atoms with E-state index in [9.17, 15) is 0 Å². The molecule has 0 unspecified atom stereocenters. The van der Waals surface area contributed by atoms with Gasteiger partial charge < -0.3 is 10.1 Å². The molecule has 1 aliphatic heterocycles. The molecule has 0 bridgehead atoms. The largest absolute Gasteiger partial charge is 0.497 e. The molecule has 1 aromatic heterocycles. The Hall–Kier alpha value is -2.92. The van der Waals surface area contributed by atoms with Crippen molar-refractivity contribution in [2.45, 2.75) is 25.4 Å². The fraction of sp³-hybridized carbons (Fsp3) is 0.304. The van der Waals surface area contributed by atoms with Gasteiger partial charge in [0.15, 0.2) is 5.82 Å². The lowest BCUT2D eigenvalue weighted by Crippen LogP contribution is -2.38. The first kappa shape index (κ1) is 18.4. The van der Waals surface area contributed by atoms with E-state index in [2.05, 4.69) is 45.5 Å². The molecule has 0 aliphatic carbocycles. The van der Waals surface area contributed by atoms with Gasteiger partial charge in [-0.3, -0.25) is 4.90 Å². The van der Waals surface area contributed by atoms with Crippen LogP contribution in [-0.2, 0) is 6.54 Å². The van der Waals surface area contributed by atoms with Crippen LogP contribution in [0.4, 0.5) is 5.82 Å². The molecular weight excluding hydrogens is 348 g/mol.